The second-order valence-electron chi connectivity index (χ2n) is 5.37. The molecule has 0 aliphatic heterocycles. The number of carbonyl (C=O) groups excluding carboxylic acids is 1. The van der Waals surface area contributed by atoms with Crippen LogP contribution >= 0.6 is 0 Å². The van der Waals surface area contributed by atoms with Crippen LogP contribution in [0, 0.1) is 0 Å². The summed E-state index contributed by atoms with van der Waals surface area (Å²) in [6.45, 7) is 7.20. The number of hydrazine groups is 1. The zero-order chi connectivity index (χ0) is 11.7. The predicted molar refractivity (Wildman–Crippen MR) is 56.2 cm³/mol. The molecule has 0 unspecified atom stereocenters. The van der Waals surface area contributed by atoms with Gasteiger partial charge < -0.3 is 9.84 Å². The Morgan fingerprint density at radius 3 is 2.40 bits per heavy atom. The highest BCUT2D eigenvalue weighted by molar-refractivity contribution is 5.67. The van der Waals surface area contributed by atoms with Gasteiger partial charge in [0.05, 0.1) is 5.60 Å². The normalized spacial score (nSPS) is 30.6. The van der Waals surface area contributed by atoms with E-state index in [1.165, 1.54) is 0 Å². The van der Waals surface area contributed by atoms with E-state index in [0.717, 1.165) is 0 Å². The van der Waals surface area contributed by atoms with Crippen molar-refractivity contribution in [1.82, 2.24) is 10.9 Å². The molecule has 88 valence electrons. The van der Waals surface area contributed by atoms with E-state index in [1.54, 1.807) is 27.7 Å². The molecule has 0 atom stereocenters. The van der Waals surface area contributed by atoms with E-state index < -0.39 is 17.3 Å². The Morgan fingerprint density at radius 2 is 2.00 bits per heavy atom. The number of aliphatic hydroxyl groups is 1. The van der Waals surface area contributed by atoms with Crippen LogP contribution < -0.4 is 10.9 Å². The largest absolute Gasteiger partial charge is 0.443 e. The lowest BCUT2D eigenvalue weighted by Crippen LogP contribution is -2.57. The van der Waals surface area contributed by atoms with Crippen molar-refractivity contribution in [1.29, 1.82) is 0 Å². The van der Waals surface area contributed by atoms with E-state index in [4.69, 9.17) is 4.74 Å². The zero-order valence-corrected chi connectivity index (χ0v) is 9.76. The number of rotatable bonds is 2. The molecule has 1 saturated carbocycles. The third-order valence-electron chi connectivity index (χ3n) is 2.15. The summed E-state index contributed by atoms with van der Waals surface area (Å²) in [6, 6.07) is 0.132. The lowest BCUT2D eigenvalue weighted by molar-refractivity contribution is -0.0437. The summed E-state index contributed by atoms with van der Waals surface area (Å²) >= 11 is 0. The minimum Gasteiger partial charge on any atom is -0.443 e. The van der Waals surface area contributed by atoms with E-state index >= 15 is 0 Å². The minimum atomic E-state index is -0.590. The van der Waals surface area contributed by atoms with Gasteiger partial charge in [-0.15, -0.1) is 0 Å². The molecule has 0 bridgehead atoms. The van der Waals surface area contributed by atoms with Gasteiger partial charge in [-0.1, -0.05) is 0 Å². The first-order chi connectivity index (χ1) is 6.68. The maximum atomic E-state index is 11.2. The second-order valence-corrected chi connectivity index (χ2v) is 5.37. The highest BCUT2D eigenvalue weighted by Gasteiger charge is 2.38. The lowest BCUT2D eigenvalue weighted by atomic mass is 9.78. The number of hydrogen-bond acceptors (Lipinski definition) is 4. The van der Waals surface area contributed by atoms with Gasteiger partial charge in [0.1, 0.15) is 5.60 Å². The monoisotopic (exact) mass is 216 g/mol. The molecule has 15 heavy (non-hydrogen) atoms. The molecule has 1 aliphatic carbocycles. The first-order valence-electron chi connectivity index (χ1n) is 5.15. The molecular weight excluding hydrogens is 196 g/mol. The van der Waals surface area contributed by atoms with Gasteiger partial charge in [0.2, 0.25) is 0 Å². The summed E-state index contributed by atoms with van der Waals surface area (Å²) in [4.78, 5) is 11.2. The zero-order valence-electron chi connectivity index (χ0n) is 9.76. The summed E-state index contributed by atoms with van der Waals surface area (Å²) in [5, 5.41) is 9.45. The number of hydrogen-bond donors (Lipinski definition) is 3. The molecular formula is C10H20N2O3. The van der Waals surface area contributed by atoms with Crippen molar-refractivity contribution in [3.63, 3.8) is 0 Å². The fraction of sp³-hybridized carbons (Fsp3) is 0.900. The third-order valence-corrected chi connectivity index (χ3v) is 2.15. The van der Waals surface area contributed by atoms with Crippen molar-refractivity contribution in [2.45, 2.75) is 57.8 Å². The summed E-state index contributed by atoms with van der Waals surface area (Å²) in [6.07, 6.45) is 0.792. The first kappa shape index (κ1) is 12.3. The van der Waals surface area contributed by atoms with Crippen LogP contribution in [0.3, 0.4) is 0 Å². The molecule has 0 saturated heterocycles. The summed E-state index contributed by atoms with van der Waals surface area (Å²) < 4.78 is 5.03. The van der Waals surface area contributed by atoms with Crippen LogP contribution in [0.4, 0.5) is 4.79 Å². The summed E-state index contributed by atoms with van der Waals surface area (Å²) in [5.41, 5.74) is 4.19. The molecule has 1 amide bonds. The maximum absolute atomic E-state index is 11.2. The van der Waals surface area contributed by atoms with Gasteiger partial charge >= 0.3 is 6.09 Å². The second kappa shape index (κ2) is 3.98. The summed E-state index contributed by atoms with van der Waals surface area (Å²) in [7, 11) is 0. The van der Waals surface area contributed by atoms with Gasteiger partial charge in [-0.05, 0) is 40.5 Å². The minimum absolute atomic E-state index is 0.132. The van der Waals surface area contributed by atoms with Crippen molar-refractivity contribution in [3.05, 3.63) is 0 Å². The molecule has 5 heteroatoms. The fourth-order valence-electron chi connectivity index (χ4n) is 1.57. The highest BCUT2D eigenvalue weighted by Crippen LogP contribution is 2.30. The van der Waals surface area contributed by atoms with Crippen molar-refractivity contribution in [2.24, 2.45) is 0 Å². The van der Waals surface area contributed by atoms with Gasteiger partial charge in [0, 0.05) is 6.04 Å². The predicted octanol–water partition coefficient (Wildman–Crippen LogP) is 0.929. The molecule has 0 aromatic carbocycles. The van der Waals surface area contributed by atoms with Gasteiger partial charge in [-0.2, -0.15) is 0 Å². The summed E-state index contributed by atoms with van der Waals surface area (Å²) in [5.74, 6) is 0. The van der Waals surface area contributed by atoms with Crippen molar-refractivity contribution < 1.29 is 14.6 Å². The highest BCUT2D eigenvalue weighted by atomic mass is 16.6. The first-order valence-corrected chi connectivity index (χ1v) is 5.15. The SMILES string of the molecule is CC(C)(C)OC(=O)NN[C@H]1C[C@](C)(O)C1. The number of carbonyl (C=O) groups is 1. The van der Waals surface area contributed by atoms with E-state index in [9.17, 15) is 9.90 Å². The molecule has 1 fully saturated rings. The standard InChI is InChI=1S/C10H20N2O3/c1-9(2,3)15-8(13)12-11-7-5-10(4,14)6-7/h7,11,14H,5-6H2,1-4H3,(H,12,13)/t7-,10-. The van der Waals surface area contributed by atoms with Crippen molar-refractivity contribution >= 4 is 6.09 Å². The van der Waals surface area contributed by atoms with Crippen molar-refractivity contribution in [3.8, 4) is 0 Å². The lowest BCUT2D eigenvalue weighted by Gasteiger charge is -2.41. The third kappa shape index (κ3) is 4.48. The molecule has 0 aromatic rings. The Balaban J connectivity index is 2.14. The van der Waals surface area contributed by atoms with Crippen LogP contribution in [-0.2, 0) is 4.74 Å². The van der Waals surface area contributed by atoms with Crippen LogP contribution in [0.5, 0.6) is 0 Å². The average molecular weight is 216 g/mol. The average Bonchev–Trinajstić information content (AvgIpc) is 1.93. The molecule has 3 N–H and O–H groups in total. The van der Waals surface area contributed by atoms with Crippen LogP contribution in [0.15, 0.2) is 0 Å². The van der Waals surface area contributed by atoms with Gasteiger partial charge in [0.15, 0.2) is 0 Å². The van der Waals surface area contributed by atoms with E-state index in [-0.39, 0.29) is 6.04 Å². The molecule has 0 spiro atoms. The quantitative estimate of drug-likeness (QED) is 0.600. The topological polar surface area (TPSA) is 70.6 Å². The molecule has 0 aromatic heterocycles. The Hall–Kier alpha value is -0.810. The Kier molecular flexibility index (Phi) is 3.25. The van der Waals surface area contributed by atoms with Crippen LogP contribution in [0.1, 0.15) is 40.5 Å². The Morgan fingerprint density at radius 1 is 1.47 bits per heavy atom. The number of amides is 1. The molecule has 0 heterocycles. The fourth-order valence-corrected chi connectivity index (χ4v) is 1.57. The molecule has 1 rings (SSSR count). The van der Waals surface area contributed by atoms with Crippen LogP contribution in [-0.4, -0.2) is 28.4 Å². The van der Waals surface area contributed by atoms with Gasteiger partial charge in [0.25, 0.3) is 0 Å². The van der Waals surface area contributed by atoms with Crippen LogP contribution in [0.25, 0.3) is 0 Å². The van der Waals surface area contributed by atoms with E-state index in [2.05, 4.69) is 10.9 Å². The number of ether oxygens (including phenoxy) is 1. The van der Waals surface area contributed by atoms with E-state index in [1.807, 2.05) is 0 Å². The molecule has 1 aliphatic rings. The molecule has 0 radical (unpaired) electrons. The van der Waals surface area contributed by atoms with Gasteiger partial charge in [-0.25, -0.2) is 10.2 Å². The van der Waals surface area contributed by atoms with Crippen molar-refractivity contribution in [2.75, 3.05) is 0 Å². The smallest absolute Gasteiger partial charge is 0.422 e. The Labute approximate surface area is 90.2 Å². The maximum Gasteiger partial charge on any atom is 0.422 e. The van der Waals surface area contributed by atoms with Crippen LogP contribution in [0.2, 0.25) is 0 Å². The van der Waals surface area contributed by atoms with E-state index in [0.29, 0.717) is 12.8 Å². The van der Waals surface area contributed by atoms with Gasteiger partial charge in [-0.3, -0.25) is 5.43 Å². The molecule has 5 nitrogen and oxygen atoms in total. The number of nitrogens with one attached hydrogen (secondary N) is 2. The Bertz CT molecular complexity index is 238.